The minimum absolute atomic E-state index is 0.0457. The SMILES string of the molecule is CC[C@H](C)[C@H](NC(=O)[C@H](CC(=O)O)NC(=O)[C@H](Cc1ccccc1)NC(=O)CNC(=O)[C@H](CC(=O)O)NC(=O)[C@H](CC(C)C)NC(=O)CNC(=O)[C@H](Cc1c[nH]c2ccccc12)NC(=O)[C@H](Cc1ccccc1)NC(=O)CN)C(=O)O. The van der Waals surface area contributed by atoms with E-state index >= 15 is 0 Å². The van der Waals surface area contributed by atoms with Crippen LogP contribution in [0.5, 0.6) is 0 Å². The van der Waals surface area contributed by atoms with Crippen LogP contribution in [0.25, 0.3) is 10.9 Å². The van der Waals surface area contributed by atoms with Crippen LogP contribution in [0.2, 0.25) is 0 Å². The van der Waals surface area contributed by atoms with E-state index in [4.69, 9.17) is 5.73 Å². The third kappa shape index (κ3) is 21.5. The van der Waals surface area contributed by atoms with E-state index in [9.17, 15) is 72.9 Å². The monoisotopic (exact) mass is 1130 g/mol. The standard InChI is InChI=1S/C55H71N11O15/c1-5-31(4)48(55(80)81)66-54(79)42(25-47(72)73)65-53(78)39(22-33-16-10-7-11-17-33)62-45(69)29-59-50(75)41(24-46(70)71)64-51(76)37(20-30(2)3)61-44(68)28-58-49(74)40(23-34-27-57-36-19-13-12-18-35(34)36)63-52(77)38(60-43(67)26-56)21-32-14-8-6-9-15-32/h6-19,27,30-31,37-42,48,57H,5,20-26,28-29,56H2,1-4H3,(H,58,74)(H,59,75)(H,60,67)(H,61,68)(H,62,69)(H,63,77)(H,64,76)(H,65,78)(H,66,79)(H,70,71)(H,72,73)(H,80,81)/t31-,37-,38-,39-,40-,41-,42-,48-/m0/s1. The number of carboxylic acids is 3. The maximum absolute atomic E-state index is 14.0. The number of nitrogens with two attached hydrogens (primary N) is 1. The highest BCUT2D eigenvalue weighted by Gasteiger charge is 2.35. The minimum atomic E-state index is -1.84. The Balaban J connectivity index is 1.46. The molecule has 1 aromatic heterocycles. The molecule has 3 aromatic carbocycles. The fourth-order valence-corrected chi connectivity index (χ4v) is 8.40. The number of aromatic amines is 1. The van der Waals surface area contributed by atoms with E-state index in [-0.39, 0.29) is 31.6 Å². The predicted octanol–water partition coefficient (Wildman–Crippen LogP) is -1.09. The number of hydrogen-bond donors (Lipinski definition) is 14. The highest BCUT2D eigenvalue weighted by molar-refractivity contribution is 5.99. The number of para-hydroxylation sites is 1. The summed E-state index contributed by atoms with van der Waals surface area (Å²) in [6.07, 6.45) is -0.281. The molecule has 1 heterocycles. The number of hydrogen-bond acceptors (Lipinski definition) is 13. The molecule has 0 aliphatic carbocycles. The van der Waals surface area contributed by atoms with Crippen LogP contribution in [-0.4, -0.2) is 153 Å². The van der Waals surface area contributed by atoms with Crippen LogP contribution >= 0.6 is 0 Å². The summed E-state index contributed by atoms with van der Waals surface area (Å²) >= 11 is 0. The van der Waals surface area contributed by atoms with Crippen LogP contribution in [0.1, 0.15) is 70.1 Å². The highest BCUT2D eigenvalue weighted by Crippen LogP contribution is 2.20. The lowest BCUT2D eigenvalue weighted by Crippen LogP contribution is -2.58. The fourth-order valence-electron chi connectivity index (χ4n) is 8.40. The molecule has 81 heavy (non-hydrogen) atoms. The number of benzene rings is 3. The Bertz CT molecular complexity index is 2860. The Kier molecular flexibility index (Phi) is 25.4. The van der Waals surface area contributed by atoms with Gasteiger partial charge in [-0.2, -0.15) is 0 Å². The predicted molar refractivity (Wildman–Crippen MR) is 292 cm³/mol. The summed E-state index contributed by atoms with van der Waals surface area (Å²) in [6, 6.07) is 13.7. The molecule has 4 rings (SSSR count). The molecular formula is C55H71N11O15. The lowest BCUT2D eigenvalue weighted by molar-refractivity contribution is -0.145. The van der Waals surface area contributed by atoms with Crippen LogP contribution in [0, 0.1) is 11.8 Å². The van der Waals surface area contributed by atoms with Crippen molar-refractivity contribution >= 4 is 82.0 Å². The zero-order valence-electron chi connectivity index (χ0n) is 45.2. The van der Waals surface area contributed by atoms with Crippen molar-refractivity contribution in [1.82, 2.24) is 52.8 Å². The number of carbonyl (C=O) groups is 12. The number of nitrogens with one attached hydrogen (secondary N) is 10. The van der Waals surface area contributed by atoms with Gasteiger partial charge < -0.3 is 73.9 Å². The van der Waals surface area contributed by atoms with Gasteiger partial charge in [-0.05, 0) is 41.0 Å². The van der Waals surface area contributed by atoms with Crippen molar-refractivity contribution in [3.05, 3.63) is 108 Å². The molecule has 0 fully saturated rings. The maximum atomic E-state index is 14.0. The third-order valence-corrected chi connectivity index (χ3v) is 12.8. The molecule has 0 saturated carbocycles. The first-order valence-corrected chi connectivity index (χ1v) is 26.1. The van der Waals surface area contributed by atoms with E-state index in [0.29, 0.717) is 23.1 Å². The molecule has 0 saturated heterocycles. The second kappa shape index (κ2) is 32.0. The molecule has 26 nitrogen and oxygen atoms in total. The largest absolute Gasteiger partial charge is 0.481 e. The molecule has 4 aromatic rings. The second-order valence-corrected chi connectivity index (χ2v) is 19.7. The number of carbonyl (C=O) groups excluding carboxylic acids is 9. The van der Waals surface area contributed by atoms with Crippen molar-refractivity contribution in [3.63, 3.8) is 0 Å². The van der Waals surface area contributed by atoms with Gasteiger partial charge in [0.1, 0.15) is 42.3 Å². The summed E-state index contributed by atoms with van der Waals surface area (Å²) < 4.78 is 0. The van der Waals surface area contributed by atoms with E-state index in [1.54, 1.807) is 107 Å². The quantitative estimate of drug-likeness (QED) is 0.0269. The van der Waals surface area contributed by atoms with Crippen LogP contribution in [0.3, 0.4) is 0 Å². The summed E-state index contributed by atoms with van der Waals surface area (Å²) in [6.45, 7) is 4.61. The average molecular weight is 1130 g/mol. The van der Waals surface area contributed by atoms with Gasteiger partial charge in [0, 0.05) is 36.4 Å². The van der Waals surface area contributed by atoms with Crippen molar-refractivity contribution in [2.45, 2.75) is 115 Å². The van der Waals surface area contributed by atoms with E-state index in [1.807, 2.05) is 12.1 Å². The molecule has 0 aliphatic rings. The first-order chi connectivity index (χ1) is 38.5. The molecule has 0 aliphatic heterocycles. The lowest BCUT2D eigenvalue weighted by atomic mass is 9.98. The Hall–Kier alpha value is -9.20. The Morgan fingerprint density at radius 2 is 0.914 bits per heavy atom. The van der Waals surface area contributed by atoms with Gasteiger partial charge in [-0.15, -0.1) is 0 Å². The molecule has 436 valence electrons. The van der Waals surface area contributed by atoms with Gasteiger partial charge in [0.05, 0.1) is 32.5 Å². The Morgan fingerprint density at radius 1 is 0.494 bits per heavy atom. The smallest absolute Gasteiger partial charge is 0.326 e. The van der Waals surface area contributed by atoms with Gasteiger partial charge in [0.2, 0.25) is 53.2 Å². The topological polar surface area (TPSA) is 416 Å². The number of rotatable bonds is 33. The fraction of sp³-hybridized carbons (Fsp3) is 0.418. The van der Waals surface area contributed by atoms with Crippen LogP contribution in [-0.2, 0) is 76.8 Å². The number of amides is 9. The van der Waals surface area contributed by atoms with Gasteiger partial charge in [-0.3, -0.25) is 52.7 Å². The first kappa shape index (κ1) is 64.3. The molecule has 0 unspecified atom stereocenters. The zero-order valence-corrected chi connectivity index (χ0v) is 45.2. The first-order valence-electron chi connectivity index (χ1n) is 26.1. The maximum Gasteiger partial charge on any atom is 0.326 e. The zero-order chi connectivity index (χ0) is 59.8. The molecule has 0 bridgehead atoms. The summed E-state index contributed by atoms with van der Waals surface area (Å²) in [5.41, 5.74) is 8.12. The van der Waals surface area contributed by atoms with Gasteiger partial charge in [0.15, 0.2) is 0 Å². The normalized spacial score (nSPS) is 14.0. The summed E-state index contributed by atoms with van der Waals surface area (Å²) in [5.74, 6) is -13.8. The number of carboxylic acid groups (broad SMARTS) is 3. The van der Waals surface area contributed by atoms with E-state index < -0.39 is 152 Å². The summed E-state index contributed by atoms with van der Waals surface area (Å²) in [5, 5.41) is 51.5. The molecule has 0 spiro atoms. The van der Waals surface area contributed by atoms with E-state index in [0.717, 1.165) is 10.9 Å². The van der Waals surface area contributed by atoms with E-state index in [1.165, 1.54) is 0 Å². The van der Waals surface area contributed by atoms with Crippen molar-refractivity contribution < 1.29 is 72.9 Å². The molecule has 0 radical (unpaired) electrons. The van der Waals surface area contributed by atoms with Crippen molar-refractivity contribution in [1.29, 1.82) is 0 Å². The van der Waals surface area contributed by atoms with Crippen LogP contribution < -0.4 is 53.6 Å². The Morgan fingerprint density at radius 3 is 1.40 bits per heavy atom. The van der Waals surface area contributed by atoms with Crippen LogP contribution in [0.15, 0.2) is 91.1 Å². The van der Waals surface area contributed by atoms with Gasteiger partial charge in [-0.1, -0.05) is 113 Å². The molecule has 9 amide bonds. The summed E-state index contributed by atoms with van der Waals surface area (Å²) in [4.78, 5) is 160. The highest BCUT2D eigenvalue weighted by atomic mass is 16.4. The molecule has 15 N–H and O–H groups in total. The Labute approximate surface area is 466 Å². The minimum Gasteiger partial charge on any atom is -0.481 e. The summed E-state index contributed by atoms with van der Waals surface area (Å²) in [7, 11) is 0. The number of fused-ring (bicyclic) bond motifs is 1. The number of H-pyrrole nitrogens is 1. The van der Waals surface area contributed by atoms with Crippen molar-refractivity contribution in [2.24, 2.45) is 17.6 Å². The van der Waals surface area contributed by atoms with Gasteiger partial charge in [-0.25, -0.2) is 4.79 Å². The number of aliphatic carboxylic acids is 3. The number of aromatic nitrogens is 1. The van der Waals surface area contributed by atoms with E-state index in [2.05, 4.69) is 52.8 Å². The second-order valence-electron chi connectivity index (χ2n) is 19.7. The average Bonchev–Trinajstić information content (AvgIpc) is 3.86. The van der Waals surface area contributed by atoms with Crippen LogP contribution in [0.4, 0.5) is 0 Å². The van der Waals surface area contributed by atoms with Gasteiger partial charge in [0.25, 0.3) is 0 Å². The van der Waals surface area contributed by atoms with Crippen molar-refractivity contribution in [2.75, 3.05) is 19.6 Å². The molecule has 8 atom stereocenters. The van der Waals surface area contributed by atoms with Gasteiger partial charge >= 0.3 is 17.9 Å². The van der Waals surface area contributed by atoms with Crippen molar-refractivity contribution in [3.8, 4) is 0 Å². The third-order valence-electron chi connectivity index (χ3n) is 12.8. The molecular weight excluding hydrogens is 1050 g/mol. The lowest BCUT2D eigenvalue weighted by Gasteiger charge is -2.26. The molecule has 26 heteroatoms.